The number of imidazole rings is 2. The zero-order chi connectivity index (χ0) is 15.8. The number of hydrogen-bond donors (Lipinski definition) is 5. The summed E-state index contributed by atoms with van der Waals surface area (Å²) in [6, 6.07) is 7.92. The third-order valence-corrected chi connectivity index (χ3v) is 3.63. The van der Waals surface area contributed by atoms with Crippen molar-refractivity contribution in [1.29, 1.82) is 0 Å². The predicted molar refractivity (Wildman–Crippen MR) is 99.3 cm³/mol. The molecule has 4 rings (SSSR count). The van der Waals surface area contributed by atoms with Crippen LogP contribution in [0.4, 0.5) is 0 Å². The lowest BCUT2D eigenvalue weighted by Gasteiger charge is -1.84. The number of hydrogen-bond acceptors (Lipinski definition) is 3. The largest absolute Gasteiger partial charge is 0.380 e. The highest BCUT2D eigenvalue weighted by Crippen LogP contribution is 2.06. The molecular formula is C14H17N5S3. The molecule has 1 aromatic carbocycles. The molecule has 0 atom stereocenters. The van der Waals surface area contributed by atoms with Gasteiger partial charge in [-0.2, -0.15) is 0 Å². The maximum absolute atomic E-state index is 4.90. The summed E-state index contributed by atoms with van der Waals surface area (Å²) in [5.41, 5.74) is 2.13. The quantitative estimate of drug-likeness (QED) is 0.397. The molecule has 116 valence electrons. The van der Waals surface area contributed by atoms with E-state index in [0.717, 1.165) is 29.0 Å². The van der Waals surface area contributed by atoms with Gasteiger partial charge in [-0.15, -0.1) is 0 Å². The molecule has 22 heavy (non-hydrogen) atoms. The lowest BCUT2D eigenvalue weighted by Crippen LogP contribution is -2.10. The van der Waals surface area contributed by atoms with E-state index in [4.69, 9.17) is 24.4 Å². The number of aromatic nitrogens is 4. The van der Waals surface area contributed by atoms with Gasteiger partial charge in [0.1, 0.15) is 0 Å². The van der Waals surface area contributed by atoms with E-state index >= 15 is 0 Å². The van der Waals surface area contributed by atoms with Crippen molar-refractivity contribution in [3.05, 3.63) is 46.2 Å². The van der Waals surface area contributed by atoms with E-state index in [-0.39, 0.29) is 0 Å². The Kier molecular flexibility index (Phi) is 6.50. The zero-order valence-corrected chi connectivity index (χ0v) is 14.3. The molecule has 0 saturated carbocycles. The minimum atomic E-state index is 0.676. The highest BCUT2D eigenvalue weighted by atomic mass is 32.1. The van der Waals surface area contributed by atoms with E-state index in [1.54, 1.807) is 12.4 Å². The highest BCUT2D eigenvalue weighted by Gasteiger charge is 2.01. The van der Waals surface area contributed by atoms with Crippen molar-refractivity contribution >= 4 is 52.7 Å². The summed E-state index contributed by atoms with van der Waals surface area (Å²) in [5, 5.41) is 3.05. The smallest absolute Gasteiger partial charge is 0.175 e. The van der Waals surface area contributed by atoms with Crippen LogP contribution in [0.3, 0.4) is 0 Å². The summed E-state index contributed by atoms with van der Waals surface area (Å²) in [4.78, 5) is 12.6. The SMILES string of the molecule is S=C1CCCN1.S=c1[nH]c2ccccc2[nH]1.S=c1[nH]cc[nH]1. The van der Waals surface area contributed by atoms with Gasteiger partial charge in [-0.25, -0.2) is 0 Å². The molecule has 1 aliphatic rings. The van der Waals surface area contributed by atoms with Crippen LogP contribution in [0.15, 0.2) is 36.7 Å². The van der Waals surface area contributed by atoms with Crippen LogP contribution < -0.4 is 5.32 Å². The molecule has 1 aliphatic heterocycles. The molecule has 1 fully saturated rings. The van der Waals surface area contributed by atoms with Crippen LogP contribution in [0.1, 0.15) is 12.8 Å². The Balaban J connectivity index is 0.000000128. The Labute approximate surface area is 143 Å². The lowest BCUT2D eigenvalue weighted by atomic mass is 10.3. The minimum absolute atomic E-state index is 0.676. The zero-order valence-electron chi connectivity index (χ0n) is 11.8. The Morgan fingerprint density at radius 1 is 0.818 bits per heavy atom. The molecule has 2 aromatic heterocycles. The van der Waals surface area contributed by atoms with Crippen LogP contribution in [0, 0.1) is 9.54 Å². The van der Waals surface area contributed by atoms with Crippen molar-refractivity contribution in [2.75, 3.05) is 6.54 Å². The fraction of sp³-hybridized carbons (Fsp3) is 0.214. The second-order valence-corrected chi connectivity index (χ2v) is 5.84. The molecule has 8 heteroatoms. The van der Waals surface area contributed by atoms with Gasteiger partial charge in [-0.1, -0.05) is 24.4 Å². The van der Waals surface area contributed by atoms with Gasteiger partial charge in [-0.05, 0) is 49.4 Å². The normalized spacial score (nSPS) is 12.8. The first kappa shape index (κ1) is 16.6. The Morgan fingerprint density at radius 3 is 1.73 bits per heavy atom. The lowest BCUT2D eigenvalue weighted by molar-refractivity contribution is 0.913. The van der Waals surface area contributed by atoms with Crippen LogP contribution in [0.5, 0.6) is 0 Å². The van der Waals surface area contributed by atoms with E-state index in [2.05, 4.69) is 37.5 Å². The van der Waals surface area contributed by atoms with Crippen LogP contribution in [0.25, 0.3) is 11.0 Å². The molecule has 0 amide bonds. The van der Waals surface area contributed by atoms with E-state index in [1.807, 2.05) is 24.3 Å². The first-order valence-corrected chi connectivity index (χ1v) is 8.03. The van der Waals surface area contributed by atoms with Gasteiger partial charge >= 0.3 is 0 Å². The summed E-state index contributed by atoms with van der Waals surface area (Å²) in [6.07, 6.45) is 5.85. The van der Waals surface area contributed by atoms with Gasteiger partial charge in [0.05, 0.1) is 16.0 Å². The van der Waals surface area contributed by atoms with Crippen LogP contribution >= 0.6 is 36.7 Å². The second kappa shape index (κ2) is 8.62. The van der Waals surface area contributed by atoms with E-state index in [1.165, 1.54) is 6.42 Å². The van der Waals surface area contributed by atoms with Gasteiger partial charge < -0.3 is 25.3 Å². The van der Waals surface area contributed by atoms with Crippen molar-refractivity contribution in [1.82, 2.24) is 25.3 Å². The highest BCUT2D eigenvalue weighted by molar-refractivity contribution is 7.80. The van der Waals surface area contributed by atoms with Crippen molar-refractivity contribution in [2.45, 2.75) is 12.8 Å². The maximum atomic E-state index is 4.90. The second-order valence-electron chi connectivity index (χ2n) is 4.53. The molecule has 0 radical (unpaired) electrons. The third kappa shape index (κ3) is 5.55. The maximum Gasteiger partial charge on any atom is 0.175 e. The standard InChI is InChI=1S/C7H6N2S.C4H7NS.C3H4N2S/c10-7-8-5-3-1-2-4-6(5)9-7;6-4-2-1-3-5-4;6-3-4-1-2-5-3/h1-4H,(H2,8,9,10);1-3H2,(H,5,6);1-2H,(H2,4,5,6). The molecule has 3 heterocycles. The number of nitrogens with one attached hydrogen (secondary N) is 5. The third-order valence-electron chi connectivity index (χ3n) is 2.84. The summed E-state index contributed by atoms with van der Waals surface area (Å²) < 4.78 is 1.36. The molecular weight excluding hydrogens is 334 g/mol. The Morgan fingerprint density at radius 2 is 1.41 bits per heavy atom. The summed E-state index contributed by atoms with van der Waals surface area (Å²) in [5.74, 6) is 0. The van der Waals surface area contributed by atoms with Gasteiger partial charge in [0.25, 0.3) is 0 Å². The van der Waals surface area contributed by atoms with Gasteiger partial charge in [-0.3, -0.25) is 0 Å². The minimum Gasteiger partial charge on any atom is -0.380 e. The van der Waals surface area contributed by atoms with E-state index in [0.29, 0.717) is 9.54 Å². The average molecular weight is 352 g/mol. The first-order valence-electron chi connectivity index (χ1n) is 6.81. The topological polar surface area (TPSA) is 75.2 Å². The number of aromatic amines is 4. The van der Waals surface area contributed by atoms with Gasteiger partial charge in [0, 0.05) is 18.9 Å². The summed E-state index contributed by atoms with van der Waals surface area (Å²) in [6.45, 7) is 1.10. The fourth-order valence-electron chi connectivity index (χ4n) is 1.82. The molecule has 5 nitrogen and oxygen atoms in total. The molecule has 0 spiro atoms. The summed E-state index contributed by atoms with van der Waals surface area (Å²) in [7, 11) is 0. The Hall–Kier alpha value is -1.77. The van der Waals surface area contributed by atoms with Crippen molar-refractivity contribution in [3.63, 3.8) is 0 Å². The molecule has 0 aliphatic carbocycles. The number of H-pyrrole nitrogens is 4. The van der Waals surface area contributed by atoms with E-state index in [9.17, 15) is 0 Å². The average Bonchev–Trinajstić information content (AvgIpc) is 3.22. The number of fused-ring (bicyclic) bond motifs is 1. The van der Waals surface area contributed by atoms with Crippen molar-refractivity contribution in [2.24, 2.45) is 0 Å². The number of benzene rings is 1. The van der Waals surface area contributed by atoms with Crippen LogP contribution in [-0.4, -0.2) is 31.5 Å². The summed E-state index contributed by atoms with van der Waals surface area (Å²) >= 11 is 14.3. The molecule has 3 aromatic rings. The first-order chi connectivity index (χ1) is 10.6. The van der Waals surface area contributed by atoms with Crippen molar-refractivity contribution in [3.8, 4) is 0 Å². The number of rotatable bonds is 0. The Bertz CT molecular complexity index is 765. The van der Waals surface area contributed by atoms with Crippen LogP contribution in [0.2, 0.25) is 0 Å². The molecule has 0 bridgehead atoms. The van der Waals surface area contributed by atoms with Crippen LogP contribution in [-0.2, 0) is 0 Å². The molecule has 1 saturated heterocycles. The van der Waals surface area contributed by atoms with Gasteiger partial charge in [0.2, 0.25) is 0 Å². The van der Waals surface area contributed by atoms with Gasteiger partial charge in [0.15, 0.2) is 9.54 Å². The number of thiocarbonyl (C=S) groups is 1. The fourth-order valence-corrected chi connectivity index (χ4v) is 2.42. The van der Waals surface area contributed by atoms with E-state index < -0.39 is 0 Å². The molecule has 0 unspecified atom stereocenters. The predicted octanol–water partition coefficient (Wildman–Crippen LogP) is 3.99. The monoisotopic (exact) mass is 351 g/mol. The van der Waals surface area contributed by atoms with Crippen molar-refractivity contribution < 1.29 is 0 Å². The molecule has 5 N–H and O–H groups in total. The number of para-hydroxylation sites is 2.